The molecule has 0 saturated heterocycles. The van der Waals surface area contributed by atoms with Gasteiger partial charge in [-0.15, -0.1) is 0 Å². The first-order valence-electron chi connectivity index (χ1n) is 7.65. The highest BCUT2D eigenvalue weighted by Gasteiger charge is 2.04. The molecule has 2 rings (SSSR count). The van der Waals surface area contributed by atoms with Crippen LogP contribution in [0.1, 0.15) is 36.5 Å². The predicted molar refractivity (Wildman–Crippen MR) is 90.9 cm³/mol. The molecule has 114 valence electrons. The fourth-order valence-corrected chi connectivity index (χ4v) is 2.18. The minimum atomic E-state index is -0.0538. The van der Waals surface area contributed by atoms with Crippen molar-refractivity contribution in [2.45, 2.75) is 33.1 Å². The molecule has 0 unspecified atom stereocenters. The van der Waals surface area contributed by atoms with Crippen molar-refractivity contribution >= 4 is 11.6 Å². The molecular weight excluding hydrogens is 272 g/mol. The van der Waals surface area contributed by atoms with Crippen molar-refractivity contribution in [3.63, 3.8) is 0 Å². The van der Waals surface area contributed by atoms with E-state index in [4.69, 9.17) is 0 Å². The van der Waals surface area contributed by atoms with Crippen molar-refractivity contribution in [3.8, 4) is 0 Å². The average Bonchev–Trinajstić information content (AvgIpc) is 2.56. The van der Waals surface area contributed by atoms with Gasteiger partial charge in [0.1, 0.15) is 0 Å². The topological polar surface area (TPSA) is 41.5 Å². The number of amides is 1. The first-order valence-corrected chi connectivity index (χ1v) is 7.65. The summed E-state index contributed by atoms with van der Waals surface area (Å²) in [5.74, 6) is -0.0538. The zero-order valence-corrected chi connectivity index (χ0v) is 13.2. The molecule has 0 aliphatic rings. The second-order valence-electron chi connectivity index (χ2n) is 5.30. The number of rotatable bonds is 6. The largest absolute Gasteiger partial charge is 0.273 e. The lowest BCUT2D eigenvalue weighted by atomic mass is 10.1. The molecule has 0 spiro atoms. The molecular formula is C19H22N2O. The van der Waals surface area contributed by atoms with Gasteiger partial charge in [-0.3, -0.25) is 4.79 Å². The highest BCUT2D eigenvalue weighted by atomic mass is 16.2. The summed E-state index contributed by atoms with van der Waals surface area (Å²) in [6.45, 7) is 4.09. The Morgan fingerprint density at radius 2 is 1.73 bits per heavy atom. The molecule has 2 aromatic carbocycles. The van der Waals surface area contributed by atoms with Crippen molar-refractivity contribution < 1.29 is 4.79 Å². The van der Waals surface area contributed by atoms with Crippen LogP contribution in [0.3, 0.4) is 0 Å². The number of carbonyl (C=O) groups is 1. The monoisotopic (exact) mass is 294 g/mol. The Morgan fingerprint density at radius 3 is 2.36 bits per heavy atom. The fourth-order valence-electron chi connectivity index (χ4n) is 2.18. The Kier molecular flexibility index (Phi) is 5.90. The lowest BCUT2D eigenvalue weighted by Gasteiger charge is -2.06. The van der Waals surface area contributed by atoms with E-state index in [1.807, 2.05) is 49.4 Å². The quantitative estimate of drug-likeness (QED) is 0.638. The number of aryl methyl sites for hydroxylation is 2. The summed E-state index contributed by atoms with van der Waals surface area (Å²) in [7, 11) is 0. The summed E-state index contributed by atoms with van der Waals surface area (Å²) in [6.07, 6.45) is 1.95. The van der Waals surface area contributed by atoms with Crippen LogP contribution in [0, 0.1) is 6.92 Å². The highest BCUT2D eigenvalue weighted by molar-refractivity contribution is 6.00. The third-order valence-electron chi connectivity index (χ3n) is 3.52. The highest BCUT2D eigenvalue weighted by Crippen LogP contribution is 2.07. The summed E-state index contributed by atoms with van der Waals surface area (Å²) >= 11 is 0. The van der Waals surface area contributed by atoms with Crippen LogP contribution in [0.2, 0.25) is 0 Å². The van der Waals surface area contributed by atoms with Gasteiger partial charge in [-0.2, -0.15) is 5.10 Å². The van der Waals surface area contributed by atoms with E-state index in [2.05, 4.69) is 29.6 Å². The van der Waals surface area contributed by atoms with Crippen LogP contribution in [0.5, 0.6) is 0 Å². The Bertz CT molecular complexity index is 630. The lowest BCUT2D eigenvalue weighted by Crippen LogP contribution is -2.20. The molecule has 0 heterocycles. The maximum atomic E-state index is 11.9. The SMILES string of the molecule is CCC(=NNC(=O)CCc1ccccc1)c1ccc(C)cc1. The van der Waals surface area contributed by atoms with E-state index in [0.29, 0.717) is 6.42 Å². The maximum Gasteiger partial charge on any atom is 0.240 e. The minimum Gasteiger partial charge on any atom is -0.273 e. The van der Waals surface area contributed by atoms with Gasteiger partial charge in [0.25, 0.3) is 0 Å². The van der Waals surface area contributed by atoms with Gasteiger partial charge in [0.2, 0.25) is 5.91 Å². The first kappa shape index (κ1) is 16.0. The number of nitrogens with one attached hydrogen (secondary N) is 1. The molecule has 1 N–H and O–H groups in total. The van der Waals surface area contributed by atoms with Crippen molar-refractivity contribution in [2.24, 2.45) is 5.10 Å². The van der Waals surface area contributed by atoms with Crippen LogP contribution in [0.15, 0.2) is 59.7 Å². The van der Waals surface area contributed by atoms with Gasteiger partial charge < -0.3 is 0 Å². The number of hydrogen-bond acceptors (Lipinski definition) is 2. The third-order valence-corrected chi connectivity index (χ3v) is 3.52. The predicted octanol–water partition coefficient (Wildman–Crippen LogP) is 3.86. The molecule has 0 atom stereocenters. The van der Waals surface area contributed by atoms with Gasteiger partial charge in [0, 0.05) is 6.42 Å². The smallest absolute Gasteiger partial charge is 0.240 e. The molecule has 0 saturated carbocycles. The van der Waals surface area contributed by atoms with Crippen LogP contribution < -0.4 is 5.43 Å². The average molecular weight is 294 g/mol. The summed E-state index contributed by atoms with van der Waals surface area (Å²) < 4.78 is 0. The van der Waals surface area contributed by atoms with Crippen LogP contribution >= 0.6 is 0 Å². The van der Waals surface area contributed by atoms with E-state index in [1.165, 1.54) is 5.56 Å². The molecule has 0 fully saturated rings. The van der Waals surface area contributed by atoms with Crippen LogP contribution in [-0.4, -0.2) is 11.6 Å². The maximum absolute atomic E-state index is 11.9. The number of benzene rings is 2. The van der Waals surface area contributed by atoms with E-state index >= 15 is 0 Å². The van der Waals surface area contributed by atoms with Gasteiger partial charge >= 0.3 is 0 Å². The number of hydrogen-bond donors (Lipinski definition) is 1. The summed E-state index contributed by atoms with van der Waals surface area (Å²) in [6, 6.07) is 18.2. The van der Waals surface area contributed by atoms with Gasteiger partial charge in [-0.25, -0.2) is 5.43 Å². The Morgan fingerprint density at radius 1 is 1.05 bits per heavy atom. The van der Waals surface area contributed by atoms with Crippen molar-refractivity contribution in [1.82, 2.24) is 5.43 Å². The number of hydrazone groups is 1. The molecule has 2 aromatic rings. The van der Waals surface area contributed by atoms with Crippen molar-refractivity contribution in [1.29, 1.82) is 0 Å². The second-order valence-corrected chi connectivity index (χ2v) is 5.30. The van der Waals surface area contributed by atoms with E-state index < -0.39 is 0 Å². The van der Waals surface area contributed by atoms with E-state index in [0.717, 1.165) is 29.7 Å². The summed E-state index contributed by atoms with van der Waals surface area (Å²) in [5.41, 5.74) is 6.99. The molecule has 0 aliphatic carbocycles. The normalized spacial score (nSPS) is 11.3. The van der Waals surface area contributed by atoms with E-state index in [9.17, 15) is 4.79 Å². The van der Waals surface area contributed by atoms with Crippen LogP contribution in [0.4, 0.5) is 0 Å². The minimum absolute atomic E-state index is 0.0538. The van der Waals surface area contributed by atoms with Gasteiger partial charge in [0.05, 0.1) is 5.71 Å². The summed E-state index contributed by atoms with van der Waals surface area (Å²) in [4.78, 5) is 11.9. The zero-order chi connectivity index (χ0) is 15.8. The van der Waals surface area contributed by atoms with Gasteiger partial charge in [-0.05, 0) is 30.9 Å². The molecule has 3 nitrogen and oxygen atoms in total. The molecule has 0 aliphatic heterocycles. The first-order chi connectivity index (χ1) is 10.7. The van der Waals surface area contributed by atoms with Crippen molar-refractivity contribution in [3.05, 3.63) is 71.3 Å². The third kappa shape index (κ3) is 4.85. The van der Waals surface area contributed by atoms with Crippen LogP contribution in [0.25, 0.3) is 0 Å². The lowest BCUT2D eigenvalue weighted by molar-refractivity contribution is -0.121. The second kappa shape index (κ2) is 8.13. The van der Waals surface area contributed by atoms with Gasteiger partial charge in [-0.1, -0.05) is 67.1 Å². The van der Waals surface area contributed by atoms with E-state index in [-0.39, 0.29) is 5.91 Å². The molecule has 0 radical (unpaired) electrons. The molecule has 0 bridgehead atoms. The Hall–Kier alpha value is -2.42. The number of nitrogens with zero attached hydrogens (tertiary/aromatic N) is 1. The molecule has 22 heavy (non-hydrogen) atoms. The van der Waals surface area contributed by atoms with Crippen molar-refractivity contribution in [2.75, 3.05) is 0 Å². The molecule has 1 amide bonds. The zero-order valence-electron chi connectivity index (χ0n) is 13.2. The molecule has 0 aromatic heterocycles. The fraction of sp³-hybridized carbons (Fsp3) is 0.263. The Labute approximate surface area is 132 Å². The summed E-state index contributed by atoms with van der Waals surface area (Å²) in [5, 5.41) is 4.27. The van der Waals surface area contributed by atoms with Gasteiger partial charge in [0.15, 0.2) is 0 Å². The van der Waals surface area contributed by atoms with E-state index in [1.54, 1.807) is 0 Å². The Balaban J connectivity index is 1.91. The molecule has 3 heteroatoms. The van der Waals surface area contributed by atoms with Crippen LogP contribution in [-0.2, 0) is 11.2 Å². The standard InChI is InChI=1S/C19H22N2O/c1-3-18(17-12-9-15(2)10-13-17)20-21-19(22)14-11-16-7-5-4-6-8-16/h4-10,12-13H,3,11,14H2,1-2H3,(H,21,22). The number of carbonyl (C=O) groups excluding carboxylic acids is 1.